The number of nitrogens with two attached hydrogens (primary N) is 1. The molecule has 1 aliphatic heterocycles. The van der Waals surface area contributed by atoms with E-state index >= 15 is 0 Å². The molecule has 1 saturated heterocycles. The van der Waals surface area contributed by atoms with Crippen LogP contribution < -0.4 is 16.4 Å². The lowest BCUT2D eigenvalue weighted by Gasteiger charge is -2.19. The van der Waals surface area contributed by atoms with Gasteiger partial charge in [0.1, 0.15) is 0 Å². The van der Waals surface area contributed by atoms with E-state index in [1.165, 1.54) is 0 Å². The number of para-hydroxylation sites is 2. The molecule has 1 heterocycles. The second kappa shape index (κ2) is 7.66. The molecule has 2 aliphatic rings. The van der Waals surface area contributed by atoms with Crippen molar-refractivity contribution in [1.29, 1.82) is 0 Å². The van der Waals surface area contributed by atoms with Crippen molar-refractivity contribution in [2.24, 2.45) is 11.7 Å². The first-order valence-corrected chi connectivity index (χ1v) is 8.84. The summed E-state index contributed by atoms with van der Waals surface area (Å²) in [6.45, 7) is 1.58. The van der Waals surface area contributed by atoms with Crippen molar-refractivity contribution in [1.82, 2.24) is 4.90 Å². The fourth-order valence-electron chi connectivity index (χ4n) is 3.57. The molecular weight excluding hydrogens is 304 g/mol. The first-order chi connectivity index (χ1) is 11.6. The van der Waals surface area contributed by atoms with E-state index in [0.29, 0.717) is 17.8 Å². The SMILES string of the molecule is N[C@@H]1CCC[C@H]1CC(=O)Nc1ccccc1NC(=O)N1CCCC1. The lowest BCUT2D eigenvalue weighted by Crippen LogP contribution is -2.32. The molecule has 1 aromatic carbocycles. The van der Waals surface area contributed by atoms with Crippen LogP contribution in [0.1, 0.15) is 38.5 Å². The number of hydrogen-bond donors (Lipinski definition) is 3. The zero-order valence-electron chi connectivity index (χ0n) is 14.0. The van der Waals surface area contributed by atoms with Gasteiger partial charge in [0, 0.05) is 25.6 Å². The molecule has 0 aromatic heterocycles. The van der Waals surface area contributed by atoms with Gasteiger partial charge in [-0.15, -0.1) is 0 Å². The van der Waals surface area contributed by atoms with Gasteiger partial charge < -0.3 is 21.3 Å². The maximum absolute atomic E-state index is 12.3. The summed E-state index contributed by atoms with van der Waals surface area (Å²) < 4.78 is 0. The number of hydrogen-bond acceptors (Lipinski definition) is 3. The van der Waals surface area contributed by atoms with Crippen molar-refractivity contribution in [3.63, 3.8) is 0 Å². The summed E-state index contributed by atoms with van der Waals surface area (Å²) in [7, 11) is 0. The normalized spacial score (nSPS) is 23.3. The molecule has 0 radical (unpaired) electrons. The third-order valence-corrected chi connectivity index (χ3v) is 5.00. The van der Waals surface area contributed by atoms with E-state index in [1.807, 2.05) is 24.3 Å². The first kappa shape index (κ1) is 16.8. The third kappa shape index (κ3) is 4.06. The molecule has 2 fully saturated rings. The maximum atomic E-state index is 12.3. The van der Waals surface area contributed by atoms with Crippen LogP contribution in [0, 0.1) is 5.92 Å². The van der Waals surface area contributed by atoms with E-state index in [4.69, 9.17) is 5.73 Å². The average molecular weight is 330 g/mol. The zero-order chi connectivity index (χ0) is 16.9. The molecule has 6 heteroatoms. The number of nitrogens with one attached hydrogen (secondary N) is 2. The van der Waals surface area contributed by atoms with Gasteiger partial charge >= 0.3 is 6.03 Å². The largest absolute Gasteiger partial charge is 0.327 e. The Morgan fingerprint density at radius 2 is 1.71 bits per heavy atom. The highest BCUT2D eigenvalue weighted by Gasteiger charge is 2.26. The molecule has 2 atom stereocenters. The number of amides is 3. The summed E-state index contributed by atoms with van der Waals surface area (Å²) in [6, 6.07) is 7.34. The monoisotopic (exact) mass is 330 g/mol. The predicted molar refractivity (Wildman–Crippen MR) is 94.8 cm³/mol. The van der Waals surface area contributed by atoms with E-state index in [9.17, 15) is 9.59 Å². The van der Waals surface area contributed by atoms with Gasteiger partial charge in [0.15, 0.2) is 0 Å². The predicted octanol–water partition coefficient (Wildman–Crippen LogP) is 2.77. The number of carbonyl (C=O) groups excluding carboxylic acids is 2. The molecule has 1 saturated carbocycles. The van der Waals surface area contributed by atoms with Gasteiger partial charge in [0.2, 0.25) is 5.91 Å². The number of benzene rings is 1. The highest BCUT2D eigenvalue weighted by atomic mass is 16.2. The van der Waals surface area contributed by atoms with E-state index in [1.54, 1.807) is 4.90 Å². The molecule has 3 rings (SSSR count). The summed E-state index contributed by atoms with van der Waals surface area (Å²) in [6.07, 6.45) is 5.65. The van der Waals surface area contributed by atoms with Crippen molar-refractivity contribution in [3.8, 4) is 0 Å². The molecule has 1 aliphatic carbocycles. The number of urea groups is 1. The molecule has 130 valence electrons. The van der Waals surface area contributed by atoms with Crippen LogP contribution in [0.15, 0.2) is 24.3 Å². The minimum Gasteiger partial charge on any atom is -0.327 e. The first-order valence-electron chi connectivity index (χ1n) is 8.84. The van der Waals surface area contributed by atoms with Gasteiger partial charge in [-0.1, -0.05) is 18.6 Å². The van der Waals surface area contributed by atoms with E-state index in [-0.39, 0.29) is 23.9 Å². The minimum atomic E-state index is -0.105. The Morgan fingerprint density at radius 1 is 1.04 bits per heavy atom. The van der Waals surface area contributed by atoms with Gasteiger partial charge in [-0.3, -0.25) is 4.79 Å². The molecule has 4 N–H and O–H groups in total. The number of rotatable bonds is 4. The van der Waals surface area contributed by atoms with Crippen LogP contribution in [-0.4, -0.2) is 36.0 Å². The van der Waals surface area contributed by atoms with Crippen LogP contribution in [-0.2, 0) is 4.79 Å². The highest BCUT2D eigenvalue weighted by molar-refractivity contribution is 5.99. The fourth-order valence-corrected chi connectivity index (χ4v) is 3.57. The molecular formula is C18H26N4O2. The molecule has 24 heavy (non-hydrogen) atoms. The Kier molecular flexibility index (Phi) is 5.35. The standard InChI is InChI=1S/C18H26N4O2/c19-14-7-5-6-13(14)12-17(23)20-15-8-1-2-9-16(15)21-18(24)22-10-3-4-11-22/h1-2,8-9,13-14H,3-7,10-12,19H2,(H,20,23)(H,21,24)/t13-,14+/m0/s1. The maximum Gasteiger partial charge on any atom is 0.321 e. The summed E-state index contributed by atoms with van der Waals surface area (Å²) in [4.78, 5) is 26.4. The van der Waals surface area contributed by atoms with Crippen LogP contribution in [0.4, 0.5) is 16.2 Å². The van der Waals surface area contributed by atoms with Gasteiger partial charge in [-0.2, -0.15) is 0 Å². The van der Waals surface area contributed by atoms with Crippen molar-refractivity contribution >= 4 is 23.3 Å². The van der Waals surface area contributed by atoms with E-state index in [0.717, 1.165) is 45.2 Å². The molecule has 0 bridgehead atoms. The van der Waals surface area contributed by atoms with Crippen molar-refractivity contribution < 1.29 is 9.59 Å². The van der Waals surface area contributed by atoms with Crippen LogP contribution in [0.25, 0.3) is 0 Å². The average Bonchev–Trinajstić information content (AvgIpc) is 3.22. The van der Waals surface area contributed by atoms with E-state index < -0.39 is 0 Å². The fraction of sp³-hybridized carbons (Fsp3) is 0.556. The smallest absolute Gasteiger partial charge is 0.321 e. The second-order valence-electron chi connectivity index (χ2n) is 6.78. The van der Waals surface area contributed by atoms with Crippen molar-refractivity contribution in [2.75, 3.05) is 23.7 Å². The number of likely N-dealkylation sites (tertiary alicyclic amines) is 1. The van der Waals surface area contributed by atoms with Gasteiger partial charge in [0.25, 0.3) is 0 Å². The Bertz CT molecular complexity index is 598. The van der Waals surface area contributed by atoms with Gasteiger partial charge in [-0.25, -0.2) is 4.79 Å². The Labute approximate surface area is 142 Å². The Balaban J connectivity index is 1.60. The zero-order valence-corrected chi connectivity index (χ0v) is 14.0. The van der Waals surface area contributed by atoms with E-state index in [2.05, 4.69) is 10.6 Å². The summed E-state index contributed by atoms with van der Waals surface area (Å²) in [5.74, 6) is 0.219. The lowest BCUT2D eigenvalue weighted by atomic mass is 10.00. The Morgan fingerprint density at radius 3 is 2.33 bits per heavy atom. The second-order valence-corrected chi connectivity index (χ2v) is 6.78. The number of anilines is 2. The number of nitrogens with zero attached hydrogens (tertiary/aromatic N) is 1. The molecule has 0 unspecified atom stereocenters. The molecule has 0 spiro atoms. The Hall–Kier alpha value is -2.08. The molecule has 1 aromatic rings. The summed E-state index contributed by atoms with van der Waals surface area (Å²) in [5, 5.41) is 5.83. The number of carbonyl (C=O) groups is 2. The van der Waals surface area contributed by atoms with Crippen molar-refractivity contribution in [3.05, 3.63) is 24.3 Å². The van der Waals surface area contributed by atoms with Gasteiger partial charge in [0.05, 0.1) is 11.4 Å². The molecule has 3 amide bonds. The van der Waals surface area contributed by atoms with Crippen LogP contribution in [0.2, 0.25) is 0 Å². The third-order valence-electron chi connectivity index (χ3n) is 5.00. The topological polar surface area (TPSA) is 87.5 Å². The molecule has 6 nitrogen and oxygen atoms in total. The summed E-state index contributed by atoms with van der Waals surface area (Å²) in [5.41, 5.74) is 7.32. The van der Waals surface area contributed by atoms with Crippen molar-refractivity contribution in [2.45, 2.75) is 44.6 Å². The van der Waals surface area contributed by atoms with Crippen LogP contribution in [0.3, 0.4) is 0 Å². The lowest BCUT2D eigenvalue weighted by molar-refractivity contribution is -0.117. The van der Waals surface area contributed by atoms with Crippen LogP contribution >= 0.6 is 0 Å². The highest BCUT2D eigenvalue weighted by Crippen LogP contribution is 2.28. The quantitative estimate of drug-likeness (QED) is 0.793. The minimum absolute atomic E-state index is 0.0415. The van der Waals surface area contributed by atoms with Gasteiger partial charge in [-0.05, 0) is 43.7 Å². The van der Waals surface area contributed by atoms with Crippen LogP contribution in [0.5, 0.6) is 0 Å². The summed E-state index contributed by atoms with van der Waals surface area (Å²) >= 11 is 0.